The van der Waals surface area contributed by atoms with Crippen molar-refractivity contribution in [2.24, 2.45) is 0 Å². The van der Waals surface area contributed by atoms with E-state index in [-0.39, 0.29) is 6.54 Å². The molecular weight excluding hydrogens is 288 g/mol. The number of amides is 1. The fraction of sp³-hybridized carbons (Fsp3) is 0.0714. The molecule has 2 aromatic rings. The Morgan fingerprint density at radius 3 is 2.24 bits per heavy atom. The van der Waals surface area contributed by atoms with Crippen LogP contribution in [0.25, 0.3) is 0 Å². The van der Waals surface area contributed by atoms with E-state index in [4.69, 9.17) is 0 Å². The summed E-state index contributed by atoms with van der Waals surface area (Å²) in [5.41, 5.74) is 0.0251. The monoisotopic (exact) mass is 298 g/mol. The zero-order valence-corrected chi connectivity index (χ0v) is 10.6. The van der Waals surface area contributed by atoms with Crippen LogP contribution in [-0.4, -0.2) is 12.5 Å². The van der Waals surface area contributed by atoms with Gasteiger partial charge in [0.2, 0.25) is 5.91 Å². The molecule has 7 heteroatoms. The fourth-order valence-corrected chi connectivity index (χ4v) is 1.57. The van der Waals surface area contributed by atoms with Crippen molar-refractivity contribution >= 4 is 17.3 Å². The lowest BCUT2D eigenvalue weighted by Crippen LogP contribution is -2.22. The van der Waals surface area contributed by atoms with E-state index in [9.17, 15) is 22.4 Å². The molecule has 0 radical (unpaired) electrons. The van der Waals surface area contributed by atoms with Crippen molar-refractivity contribution in [2.45, 2.75) is 0 Å². The minimum Gasteiger partial charge on any atom is -0.376 e. The number of rotatable bonds is 4. The molecule has 2 rings (SSSR count). The van der Waals surface area contributed by atoms with Gasteiger partial charge < -0.3 is 10.6 Å². The lowest BCUT2D eigenvalue weighted by molar-refractivity contribution is -0.114. The third-order valence-electron chi connectivity index (χ3n) is 2.61. The zero-order chi connectivity index (χ0) is 15.4. The minimum atomic E-state index is -1.65. The van der Waals surface area contributed by atoms with Crippen LogP contribution in [0.5, 0.6) is 0 Å². The summed E-state index contributed by atoms with van der Waals surface area (Å²) >= 11 is 0. The van der Waals surface area contributed by atoms with Crippen molar-refractivity contribution in [3.05, 3.63) is 59.7 Å². The SMILES string of the molecule is O=C(CNc1ccc(F)cc1)Nc1ccc(F)c(F)c1F. The van der Waals surface area contributed by atoms with E-state index in [2.05, 4.69) is 10.6 Å². The highest BCUT2D eigenvalue weighted by Gasteiger charge is 2.14. The summed E-state index contributed by atoms with van der Waals surface area (Å²) < 4.78 is 51.7. The normalized spacial score (nSPS) is 10.3. The predicted molar refractivity (Wildman–Crippen MR) is 69.8 cm³/mol. The highest BCUT2D eigenvalue weighted by Crippen LogP contribution is 2.19. The van der Waals surface area contributed by atoms with Crippen LogP contribution in [0.15, 0.2) is 36.4 Å². The Morgan fingerprint density at radius 1 is 0.905 bits per heavy atom. The Labute approximate surface area is 117 Å². The molecule has 0 saturated carbocycles. The summed E-state index contributed by atoms with van der Waals surface area (Å²) in [6.07, 6.45) is 0. The highest BCUT2D eigenvalue weighted by atomic mass is 19.2. The molecular formula is C14H10F4N2O. The van der Waals surface area contributed by atoms with Gasteiger partial charge in [-0.2, -0.15) is 0 Å². The second kappa shape index (κ2) is 6.25. The largest absolute Gasteiger partial charge is 0.376 e. The number of carbonyl (C=O) groups is 1. The van der Waals surface area contributed by atoms with E-state index in [1.807, 2.05) is 0 Å². The van der Waals surface area contributed by atoms with Gasteiger partial charge in [0.25, 0.3) is 0 Å². The quantitative estimate of drug-likeness (QED) is 0.672. The average Bonchev–Trinajstić information content (AvgIpc) is 2.47. The molecule has 0 aliphatic rings. The molecule has 1 amide bonds. The van der Waals surface area contributed by atoms with Crippen LogP contribution in [-0.2, 0) is 4.79 Å². The number of carbonyl (C=O) groups excluding carboxylic acids is 1. The van der Waals surface area contributed by atoms with E-state index in [0.29, 0.717) is 11.8 Å². The van der Waals surface area contributed by atoms with Crippen LogP contribution in [0.3, 0.4) is 0 Å². The van der Waals surface area contributed by atoms with Crippen molar-refractivity contribution < 1.29 is 22.4 Å². The minimum absolute atomic E-state index is 0.246. The summed E-state index contributed by atoms with van der Waals surface area (Å²) in [5, 5.41) is 4.77. The first kappa shape index (κ1) is 14.8. The first-order valence-corrected chi connectivity index (χ1v) is 5.90. The fourth-order valence-electron chi connectivity index (χ4n) is 1.57. The highest BCUT2D eigenvalue weighted by molar-refractivity contribution is 5.93. The van der Waals surface area contributed by atoms with Crippen LogP contribution in [0, 0.1) is 23.3 Å². The maximum atomic E-state index is 13.3. The molecule has 0 fully saturated rings. The number of anilines is 2. The van der Waals surface area contributed by atoms with Gasteiger partial charge in [-0.15, -0.1) is 0 Å². The van der Waals surface area contributed by atoms with Gasteiger partial charge in [0.15, 0.2) is 17.5 Å². The van der Waals surface area contributed by atoms with Crippen LogP contribution in [0.2, 0.25) is 0 Å². The number of benzene rings is 2. The van der Waals surface area contributed by atoms with Gasteiger partial charge >= 0.3 is 0 Å². The van der Waals surface area contributed by atoms with Crippen LogP contribution in [0.4, 0.5) is 28.9 Å². The number of hydrogen-bond donors (Lipinski definition) is 2. The van der Waals surface area contributed by atoms with Crippen molar-refractivity contribution in [1.29, 1.82) is 0 Å². The Bertz CT molecular complexity index is 659. The first-order valence-electron chi connectivity index (χ1n) is 5.90. The zero-order valence-electron chi connectivity index (χ0n) is 10.6. The molecule has 3 nitrogen and oxygen atoms in total. The number of nitrogens with one attached hydrogen (secondary N) is 2. The molecule has 0 unspecified atom stereocenters. The maximum Gasteiger partial charge on any atom is 0.243 e. The van der Waals surface area contributed by atoms with Crippen molar-refractivity contribution in [3.63, 3.8) is 0 Å². The molecule has 0 heterocycles. The first-order chi connectivity index (χ1) is 9.97. The summed E-state index contributed by atoms with van der Waals surface area (Å²) in [6, 6.07) is 6.87. The second-order valence-electron chi connectivity index (χ2n) is 4.13. The molecule has 0 aromatic heterocycles. The molecule has 0 saturated heterocycles. The van der Waals surface area contributed by atoms with Gasteiger partial charge in [-0.05, 0) is 36.4 Å². The topological polar surface area (TPSA) is 41.1 Å². The molecule has 0 aliphatic carbocycles. The van der Waals surface area contributed by atoms with Gasteiger partial charge in [0.05, 0.1) is 12.2 Å². The standard InChI is InChI=1S/C14H10F4N2O/c15-8-1-3-9(4-2-8)19-7-12(21)20-11-6-5-10(16)13(17)14(11)18/h1-6,19H,7H2,(H,20,21). The lowest BCUT2D eigenvalue weighted by atomic mass is 10.2. The van der Waals surface area contributed by atoms with Gasteiger partial charge in [-0.3, -0.25) is 4.79 Å². The maximum absolute atomic E-state index is 13.3. The smallest absolute Gasteiger partial charge is 0.243 e. The third-order valence-corrected chi connectivity index (χ3v) is 2.61. The van der Waals surface area contributed by atoms with Crippen LogP contribution < -0.4 is 10.6 Å². The predicted octanol–water partition coefficient (Wildman–Crippen LogP) is 3.29. The van der Waals surface area contributed by atoms with E-state index in [1.165, 1.54) is 24.3 Å². The number of hydrogen-bond acceptors (Lipinski definition) is 2. The van der Waals surface area contributed by atoms with Gasteiger partial charge in [0, 0.05) is 5.69 Å². The Kier molecular flexibility index (Phi) is 4.42. The third kappa shape index (κ3) is 3.71. The van der Waals surface area contributed by atoms with E-state index < -0.39 is 34.9 Å². The van der Waals surface area contributed by atoms with Crippen LogP contribution in [0.1, 0.15) is 0 Å². The van der Waals surface area contributed by atoms with Gasteiger partial charge in [-0.25, -0.2) is 17.6 Å². The molecule has 110 valence electrons. The molecule has 0 aliphatic heterocycles. The van der Waals surface area contributed by atoms with Crippen LogP contribution >= 0.6 is 0 Å². The summed E-state index contributed by atoms with van der Waals surface area (Å²) in [7, 11) is 0. The van der Waals surface area contributed by atoms with Gasteiger partial charge in [0.1, 0.15) is 5.82 Å². The van der Waals surface area contributed by atoms with E-state index >= 15 is 0 Å². The van der Waals surface area contributed by atoms with Crippen molar-refractivity contribution in [2.75, 3.05) is 17.2 Å². The molecule has 0 atom stereocenters. The Hall–Kier alpha value is -2.57. The lowest BCUT2D eigenvalue weighted by Gasteiger charge is -2.09. The number of halogens is 4. The van der Waals surface area contributed by atoms with Gasteiger partial charge in [-0.1, -0.05) is 0 Å². The summed E-state index contributed by atoms with van der Waals surface area (Å²) in [4.78, 5) is 11.6. The molecule has 0 bridgehead atoms. The Balaban J connectivity index is 1.96. The molecule has 21 heavy (non-hydrogen) atoms. The van der Waals surface area contributed by atoms with E-state index in [1.54, 1.807) is 0 Å². The molecule has 2 N–H and O–H groups in total. The van der Waals surface area contributed by atoms with E-state index in [0.717, 1.165) is 6.07 Å². The summed E-state index contributed by atoms with van der Waals surface area (Å²) in [5.74, 6) is -5.54. The van der Waals surface area contributed by atoms with Crippen molar-refractivity contribution in [3.8, 4) is 0 Å². The molecule has 0 spiro atoms. The second-order valence-corrected chi connectivity index (χ2v) is 4.13. The molecule has 2 aromatic carbocycles. The Morgan fingerprint density at radius 2 is 1.57 bits per heavy atom. The average molecular weight is 298 g/mol. The van der Waals surface area contributed by atoms with Crippen molar-refractivity contribution in [1.82, 2.24) is 0 Å². The summed E-state index contributed by atoms with van der Waals surface area (Å²) in [6.45, 7) is -0.246.